The zero-order valence-corrected chi connectivity index (χ0v) is 7.57. The molecule has 0 spiro atoms. The predicted molar refractivity (Wildman–Crippen MR) is 40.4 cm³/mol. The van der Waals surface area contributed by atoms with Crippen LogP contribution in [0.2, 0.25) is 0 Å². The largest absolute Gasteiger partial charge is 0.176 e. The van der Waals surface area contributed by atoms with Crippen LogP contribution in [0.3, 0.4) is 0 Å². The van der Waals surface area contributed by atoms with E-state index in [1.165, 1.54) is 25.7 Å². The summed E-state index contributed by atoms with van der Waals surface area (Å²) in [6, 6.07) is 0. The third-order valence-corrected chi connectivity index (χ3v) is 2.50. The van der Waals surface area contributed by atoms with Crippen LogP contribution in [-0.4, -0.2) is 5.25 Å². The van der Waals surface area contributed by atoms with Gasteiger partial charge in [-0.05, 0) is 31.6 Å². The van der Waals surface area contributed by atoms with E-state index < -0.39 is 0 Å². The maximum Gasteiger partial charge on any atom is 0.00170 e. The monoisotopic (exact) mass is 193 g/mol. The van der Waals surface area contributed by atoms with Crippen molar-refractivity contribution in [1.29, 1.82) is 0 Å². The van der Waals surface area contributed by atoms with E-state index in [2.05, 4.69) is 19.6 Å². The molecule has 1 saturated carbocycles. The van der Waals surface area contributed by atoms with Crippen molar-refractivity contribution in [1.82, 2.24) is 0 Å². The molecule has 0 aromatic carbocycles. The number of thiol groups is 1. The molecule has 0 bridgehead atoms. The zero-order chi connectivity index (χ0) is 5.98. The standard InChI is InChI=1S/C7H14S.Cu/c1-6-2-4-7(8)5-3-6;/h6-8H,2-5H2,1H3;. The Hall–Kier alpha value is 0.869. The van der Waals surface area contributed by atoms with Crippen molar-refractivity contribution in [2.75, 3.05) is 0 Å². The minimum atomic E-state index is 0. The van der Waals surface area contributed by atoms with Crippen molar-refractivity contribution in [3.05, 3.63) is 0 Å². The molecule has 9 heavy (non-hydrogen) atoms. The quantitative estimate of drug-likeness (QED) is 0.444. The molecule has 2 heteroatoms. The summed E-state index contributed by atoms with van der Waals surface area (Å²) in [6.45, 7) is 2.33. The van der Waals surface area contributed by atoms with Crippen molar-refractivity contribution < 1.29 is 17.1 Å². The van der Waals surface area contributed by atoms with Gasteiger partial charge in [-0.25, -0.2) is 0 Å². The minimum absolute atomic E-state index is 0. The second-order valence-electron chi connectivity index (χ2n) is 2.91. The fourth-order valence-electron chi connectivity index (χ4n) is 1.24. The second kappa shape index (κ2) is 4.65. The van der Waals surface area contributed by atoms with Crippen LogP contribution in [0.5, 0.6) is 0 Å². The van der Waals surface area contributed by atoms with Gasteiger partial charge in [-0.2, -0.15) is 12.6 Å². The Balaban J connectivity index is 0.000000640. The molecule has 0 N–H and O–H groups in total. The Morgan fingerprint density at radius 2 is 1.56 bits per heavy atom. The zero-order valence-electron chi connectivity index (χ0n) is 5.73. The van der Waals surface area contributed by atoms with Gasteiger partial charge in [-0.1, -0.05) is 6.92 Å². The first-order valence-corrected chi connectivity index (χ1v) is 3.98. The molecule has 1 fully saturated rings. The van der Waals surface area contributed by atoms with Crippen LogP contribution >= 0.6 is 12.6 Å². The molecule has 1 rings (SSSR count). The topological polar surface area (TPSA) is 0 Å². The predicted octanol–water partition coefficient (Wildman–Crippen LogP) is 2.49. The first-order chi connectivity index (χ1) is 3.79. The van der Waals surface area contributed by atoms with Gasteiger partial charge in [0.15, 0.2) is 0 Å². The molecule has 59 valence electrons. The molecule has 0 aromatic heterocycles. The van der Waals surface area contributed by atoms with E-state index in [9.17, 15) is 0 Å². The van der Waals surface area contributed by atoms with Crippen LogP contribution in [0.1, 0.15) is 32.6 Å². The molecule has 0 heterocycles. The number of rotatable bonds is 0. The molecular weight excluding hydrogens is 180 g/mol. The van der Waals surface area contributed by atoms with Gasteiger partial charge in [0, 0.05) is 22.3 Å². The third kappa shape index (κ3) is 3.54. The molecule has 0 saturated heterocycles. The molecule has 0 aromatic rings. The number of hydrogen-bond donors (Lipinski definition) is 1. The smallest absolute Gasteiger partial charge is 0.00170 e. The summed E-state index contributed by atoms with van der Waals surface area (Å²) in [5, 5.41) is 0.714. The van der Waals surface area contributed by atoms with Crippen LogP contribution < -0.4 is 0 Å². The van der Waals surface area contributed by atoms with E-state index in [1.54, 1.807) is 0 Å². The summed E-state index contributed by atoms with van der Waals surface area (Å²) in [7, 11) is 0. The number of hydrogen-bond acceptors (Lipinski definition) is 1. The summed E-state index contributed by atoms with van der Waals surface area (Å²) in [6.07, 6.45) is 5.47. The first kappa shape index (κ1) is 9.87. The Morgan fingerprint density at radius 1 is 1.11 bits per heavy atom. The van der Waals surface area contributed by atoms with Crippen LogP contribution in [0.15, 0.2) is 0 Å². The van der Waals surface area contributed by atoms with E-state index in [0.717, 1.165) is 5.92 Å². The van der Waals surface area contributed by atoms with Gasteiger partial charge in [0.25, 0.3) is 0 Å². The van der Waals surface area contributed by atoms with Crippen molar-refractivity contribution >= 4 is 12.6 Å². The molecule has 0 amide bonds. The van der Waals surface area contributed by atoms with E-state index in [0.29, 0.717) is 5.25 Å². The van der Waals surface area contributed by atoms with E-state index in [4.69, 9.17) is 0 Å². The Kier molecular flexibility index (Phi) is 5.10. The van der Waals surface area contributed by atoms with Crippen LogP contribution in [0.25, 0.3) is 0 Å². The molecule has 1 radical (unpaired) electrons. The van der Waals surface area contributed by atoms with Crippen molar-refractivity contribution in [3.8, 4) is 0 Å². The Labute approximate surface area is 73.7 Å². The molecule has 1 aliphatic rings. The van der Waals surface area contributed by atoms with Crippen LogP contribution in [0.4, 0.5) is 0 Å². The molecular formula is C7H14CuS. The molecule has 0 unspecified atom stereocenters. The maximum atomic E-state index is 4.40. The molecule has 1 aliphatic carbocycles. The SMILES string of the molecule is CC1CCC(S)CC1.[Cu]. The van der Waals surface area contributed by atoms with Crippen LogP contribution in [-0.2, 0) is 17.1 Å². The second-order valence-corrected chi connectivity index (χ2v) is 3.64. The van der Waals surface area contributed by atoms with Crippen molar-refractivity contribution in [2.24, 2.45) is 5.92 Å². The van der Waals surface area contributed by atoms with E-state index >= 15 is 0 Å². The average molecular weight is 194 g/mol. The van der Waals surface area contributed by atoms with Gasteiger partial charge < -0.3 is 0 Å². The normalized spacial score (nSPS) is 35.3. The summed E-state index contributed by atoms with van der Waals surface area (Å²) in [5.41, 5.74) is 0. The average Bonchev–Trinajstić information content (AvgIpc) is 1.77. The fourth-order valence-corrected chi connectivity index (χ4v) is 1.54. The summed E-state index contributed by atoms with van der Waals surface area (Å²) >= 11 is 4.40. The first-order valence-electron chi connectivity index (χ1n) is 3.47. The molecule has 0 atom stereocenters. The Morgan fingerprint density at radius 3 is 1.89 bits per heavy atom. The van der Waals surface area contributed by atoms with Gasteiger partial charge in [-0.15, -0.1) is 0 Å². The van der Waals surface area contributed by atoms with Gasteiger partial charge in [0.2, 0.25) is 0 Å². The van der Waals surface area contributed by atoms with Gasteiger partial charge >= 0.3 is 0 Å². The van der Waals surface area contributed by atoms with Crippen LogP contribution in [0, 0.1) is 5.92 Å². The van der Waals surface area contributed by atoms with E-state index in [1.807, 2.05) is 0 Å². The molecule has 0 aliphatic heterocycles. The Bertz CT molecular complexity index is 57.3. The fraction of sp³-hybridized carbons (Fsp3) is 1.00. The van der Waals surface area contributed by atoms with E-state index in [-0.39, 0.29) is 17.1 Å². The maximum absolute atomic E-state index is 4.40. The summed E-state index contributed by atoms with van der Waals surface area (Å²) < 4.78 is 0. The molecule has 0 nitrogen and oxygen atoms in total. The summed E-state index contributed by atoms with van der Waals surface area (Å²) in [5.74, 6) is 0.971. The van der Waals surface area contributed by atoms with Gasteiger partial charge in [-0.3, -0.25) is 0 Å². The third-order valence-electron chi connectivity index (χ3n) is 1.99. The van der Waals surface area contributed by atoms with Gasteiger partial charge in [0.1, 0.15) is 0 Å². The van der Waals surface area contributed by atoms with Crippen molar-refractivity contribution in [3.63, 3.8) is 0 Å². The van der Waals surface area contributed by atoms with Crippen molar-refractivity contribution in [2.45, 2.75) is 37.9 Å². The van der Waals surface area contributed by atoms with Gasteiger partial charge in [0.05, 0.1) is 0 Å². The summed E-state index contributed by atoms with van der Waals surface area (Å²) in [4.78, 5) is 0. The minimum Gasteiger partial charge on any atom is -0.176 e.